The molecule has 1 aromatic rings. The van der Waals surface area contributed by atoms with Gasteiger partial charge in [0.25, 0.3) is 0 Å². The number of rotatable bonds is 6. The summed E-state index contributed by atoms with van der Waals surface area (Å²) in [7, 11) is -2.51. The van der Waals surface area contributed by atoms with Crippen LogP contribution in [0.5, 0.6) is 0 Å². The second kappa shape index (κ2) is 6.75. The average Bonchev–Trinajstić information content (AvgIpc) is 2.36. The Morgan fingerprint density at radius 3 is 2.56 bits per heavy atom. The standard InChI is InChI=1S/C13H23N3OS/c1-4-10-16(6-3)18(17,15-5-2)13-9-7-8-12(14)11-13/h7-9,11H,4-6,10,14H2,1-3H3. The van der Waals surface area contributed by atoms with Gasteiger partial charge in [-0.1, -0.05) is 19.9 Å². The van der Waals surface area contributed by atoms with Crippen LogP contribution in [0.2, 0.25) is 0 Å². The van der Waals surface area contributed by atoms with E-state index in [1.807, 2.05) is 30.3 Å². The van der Waals surface area contributed by atoms with Crippen molar-refractivity contribution >= 4 is 15.6 Å². The second-order valence-corrected chi connectivity index (χ2v) is 6.28. The Morgan fingerprint density at radius 1 is 1.33 bits per heavy atom. The molecule has 1 rings (SSSR count). The molecule has 0 spiro atoms. The first kappa shape index (κ1) is 15.0. The lowest BCUT2D eigenvalue weighted by Crippen LogP contribution is -2.31. The molecule has 0 saturated carbocycles. The lowest BCUT2D eigenvalue weighted by atomic mass is 10.3. The molecule has 0 saturated heterocycles. The van der Waals surface area contributed by atoms with Crippen LogP contribution in [0.1, 0.15) is 27.2 Å². The highest BCUT2D eigenvalue weighted by Crippen LogP contribution is 2.21. The number of anilines is 1. The third-order valence-electron chi connectivity index (χ3n) is 2.64. The lowest BCUT2D eigenvalue weighted by molar-refractivity contribution is 0.457. The van der Waals surface area contributed by atoms with Crippen molar-refractivity contribution in [2.45, 2.75) is 32.1 Å². The smallest absolute Gasteiger partial charge is 0.139 e. The van der Waals surface area contributed by atoms with E-state index in [2.05, 4.69) is 11.3 Å². The first-order valence-electron chi connectivity index (χ1n) is 6.42. The molecule has 1 unspecified atom stereocenters. The summed E-state index contributed by atoms with van der Waals surface area (Å²) in [6.45, 7) is 8.01. The van der Waals surface area contributed by atoms with Gasteiger partial charge in [0, 0.05) is 25.3 Å². The quantitative estimate of drug-likeness (QED) is 0.807. The SMILES string of the molecule is CCCN(CC)S(=O)(=NCC)c1cccc(N)c1. The molecular formula is C13H23N3OS. The molecule has 0 radical (unpaired) electrons. The molecule has 0 aromatic heterocycles. The summed E-state index contributed by atoms with van der Waals surface area (Å²) < 4.78 is 19.5. The third-order valence-corrected chi connectivity index (χ3v) is 5.26. The Balaban J connectivity index is 3.31. The van der Waals surface area contributed by atoms with Crippen molar-refractivity contribution in [2.75, 3.05) is 25.4 Å². The molecule has 0 bridgehead atoms. The Kier molecular flexibility index (Phi) is 5.62. The minimum atomic E-state index is -2.51. The van der Waals surface area contributed by atoms with E-state index in [1.54, 1.807) is 12.1 Å². The van der Waals surface area contributed by atoms with Gasteiger partial charge in [-0.3, -0.25) is 0 Å². The molecule has 0 aliphatic rings. The molecule has 1 atom stereocenters. The molecule has 0 fully saturated rings. The van der Waals surface area contributed by atoms with Gasteiger partial charge >= 0.3 is 0 Å². The van der Waals surface area contributed by atoms with E-state index >= 15 is 0 Å². The summed E-state index contributed by atoms with van der Waals surface area (Å²) >= 11 is 0. The number of nitrogens with two attached hydrogens (primary N) is 1. The van der Waals surface area contributed by atoms with E-state index in [0.717, 1.165) is 13.0 Å². The van der Waals surface area contributed by atoms with Gasteiger partial charge < -0.3 is 5.73 Å². The van der Waals surface area contributed by atoms with Crippen LogP contribution in [0, 0.1) is 0 Å². The predicted octanol–water partition coefficient (Wildman–Crippen LogP) is 2.76. The van der Waals surface area contributed by atoms with Gasteiger partial charge in [0.2, 0.25) is 0 Å². The summed E-state index contributed by atoms with van der Waals surface area (Å²) in [6, 6.07) is 7.23. The van der Waals surface area contributed by atoms with Gasteiger partial charge in [-0.2, -0.15) is 0 Å². The largest absolute Gasteiger partial charge is 0.399 e. The molecule has 2 N–H and O–H groups in total. The first-order valence-corrected chi connectivity index (χ1v) is 7.89. The van der Waals surface area contributed by atoms with Gasteiger partial charge in [0.1, 0.15) is 9.92 Å². The zero-order chi connectivity index (χ0) is 13.6. The number of hydrogen-bond donors (Lipinski definition) is 1. The molecule has 4 nitrogen and oxygen atoms in total. The zero-order valence-electron chi connectivity index (χ0n) is 11.4. The Morgan fingerprint density at radius 2 is 2.06 bits per heavy atom. The highest BCUT2D eigenvalue weighted by atomic mass is 32.2. The van der Waals surface area contributed by atoms with Gasteiger partial charge in [-0.05, 0) is 31.5 Å². The van der Waals surface area contributed by atoms with Crippen LogP contribution in [-0.4, -0.2) is 28.1 Å². The molecule has 1 aromatic carbocycles. The number of nitrogen functional groups attached to an aromatic ring is 1. The minimum Gasteiger partial charge on any atom is -0.399 e. The van der Waals surface area contributed by atoms with Crippen molar-refractivity contribution in [3.63, 3.8) is 0 Å². The Bertz CT molecular complexity index is 493. The normalized spacial score (nSPS) is 14.4. The fourth-order valence-electron chi connectivity index (χ4n) is 1.87. The number of benzene rings is 1. The number of hydrogen-bond acceptors (Lipinski definition) is 3. The number of nitrogens with zero attached hydrogens (tertiary/aromatic N) is 2. The van der Waals surface area contributed by atoms with Crippen LogP contribution < -0.4 is 5.73 Å². The topological polar surface area (TPSA) is 58.7 Å². The molecule has 102 valence electrons. The van der Waals surface area contributed by atoms with E-state index in [1.165, 1.54) is 0 Å². The molecule has 0 aliphatic carbocycles. The van der Waals surface area contributed by atoms with Gasteiger partial charge in [0.05, 0.1) is 4.90 Å². The van der Waals surface area contributed by atoms with E-state index in [4.69, 9.17) is 5.73 Å². The summed E-state index contributed by atoms with van der Waals surface area (Å²) in [6.07, 6.45) is 0.951. The van der Waals surface area contributed by atoms with Crippen LogP contribution in [0.3, 0.4) is 0 Å². The van der Waals surface area contributed by atoms with E-state index in [-0.39, 0.29) is 0 Å². The highest BCUT2D eigenvalue weighted by Gasteiger charge is 2.20. The predicted molar refractivity (Wildman–Crippen MR) is 77.8 cm³/mol. The van der Waals surface area contributed by atoms with Crippen LogP contribution in [0.15, 0.2) is 33.5 Å². The van der Waals surface area contributed by atoms with Crippen LogP contribution in [0.4, 0.5) is 5.69 Å². The summed E-state index contributed by atoms with van der Waals surface area (Å²) in [5, 5.41) is 0. The molecule has 0 heterocycles. The Hall–Kier alpha value is -1.07. The van der Waals surface area contributed by atoms with Gasteiger partial charge in [-0.25, -0.2) is 12.9 Å². The molecular weight excluding hydrogens is 246 g/mol. The average molecular weight is 269 g/mol. The van der Waals surface area contributed by atoms with Crippen molar-refractivity contribution in [1.82, 2.24) is 4.31 Å². The fourth-order valence-corrected chi connectivity index (χ4v) is 4.15. The van der Waals surface area contributed by atoms with Gasteiger partial charge in [0.15, 0.2) is 0 Å². The van der Waals surface area contributed by atoms with Crippen molar-refractivity contribution in [3.8, 4) is 0 Å². The van der Waals surface area contributed by atoms with Crippen LogP contribution >= 0.6 is 0 Å². The molecule has 18 heavy (non-hydrogen) atoms. The van der Waals surface area contributed by atoms with Crippen molar-refractivity contribution in [1.29, 1.82) is 0 Å². The van der Waals surface area contributed by atoms with Crippen molar-refractivity contribution in [3.05, 3.63) is 24.3 Å². The molecule has 0 aliphatic heterocycles. The first-order chi connectivity index (χ1) is 8.58. The summed E-state index contributed by atoms with van der Waals surface area (Å²) in [5.41, 5.74) is 6.41. The highest BCUT2D eigenvalue weighted by molar-refractivity contribution is 7.91. The fraction of sp³-hybridized carbons (Fsp3) is 0.538. The van der Waals surface area contributed by atoms with E-state index in [0.29, 0.717) is 23.7 Å². The monoisotopic (exact) mass is 269 g/mol. The Labute approximate surface area is 110 Å². The summed E-state index contributed by atoms with van der Waals surface area (Å²) in [5.74, 6) is 0. The van der Waals surface area contributed by atoms with E-state index < -0.39 is 9.92 Å². The van der Waals surface area contributed by atoms with Crippen molar-refractivity contribution < 1.29 is 4.21 Å². The molecule has 0 amide bonds. The second-order valence-electron chi connectivity index (χ2n) is 4.04. The maximum atomic E-state index is 13.2. The third kappa shape index (κ3) is 3.23. The summed E-state index contributed by atoms with van der Waals surface area (Å²) in [4.78, 5) is 0.708. The minimum absolute atomic E-state index is 0.536. The molecule has 5 heteroatoms. The maximum Gasteiger partial charge on any atom is 0.139 e. The van der Waals surface area contributed by atoms with Gasteiger partial charge in [-0.15, -0.1) is 0 Å². The van der Waals surface area contributed by atoms with E-state index in [9.17, 15) is 4.21 Å². The van der Waals surface area contributed by atoms with Crippen LogP contribution in [-0.2, 0) is 9.92 Å². The zero-order valence-corrected chi connectivity index (χ0v) is 12.2. The maximum absolute atomic E-state index is 13.2. The van der Waals surface area contributed by atoms with Crippen molar-refractivity contribution in [2.24, 2.45) is 4.36 Å². The van der Waals surface area contributed by atoms with Crippen LogP contribution in [0.25, 0.3) is 0 Å². The lowest BCUT2D eigenvalue weighted by Gasteiger charge is -2.24.